The van der Waals surface area contributed by atoms with Gasteiger partial charge < -0.3 is 15.2 Å². The molecule has 0 aliphatic heterocycles. The first-order valence-corrected chi connectivity index (χ1v) is 9.37. The number of hydrogen-bond acceptors (Lipinski definition) is 7. The first-order chi connectivity index (χ1) is 13.6. The number of rotatable bonds is 5. The van der Waals surface area contributed by atoms with Gasteiger partial charge in [0.05, 0.1) is 22.9 Å². The normalized spacial score (nSPS) is 10.8. The summed E-state index contributed by atoms with van der Waals surface area (Å²) in [5, 5.41) is 0.825. The SMILES string of the molecule is COC(=O)COc1cccc(-c2cnc(N)c(-c3nc4ccccc4s3)c2)c1. The average molecular weight is 391 g/mol. The third kappa shape index (κ3) is 3.65. The lowest BCUT2D eigenvalue weighted by molar-refractivity contribution is -0.142. The lowest BCUT2D eigenvalue weighted by Gasteiger charge is -2.09. The Morgan fingerprint density at radius 3 is 2.79 bits per heavy atom. The van der Waals surface area contributed by atoms with Gasteiger partial charge in [-0.25, -0.2) is 14.8 Å². The molecular formula is C21H17N3O3S. The van der Waals surface area contributed by atoms with Crippen molar-refractivity contribution in [2.75, 3.05) is 19.5 Å². The summed E-state index contributed by atoms with van der Waals surface area (Å²) in [6.07, 6.45) is 1.71. The van der Waals surface area contributed by atoms with Crippen LogP contribution in [0.15, 0.2) is 60.8 Å². The summed E-state index contributed by atoms with van der Waals surface area (Å²) in [7, 11) is 1.33. The Labute approximate surface area is 165 Å². The molecule has 7 heteroatoms. The minimum Gasteiger partial charge on any atom is -0.482 e. The Hall–Kier alpha value is -3.45. The number of carbonyl (C=O) groups is 1. The van der Waals surface area contributed by atoms with Crippen LogP contribution in [0.5, 0.6) is 5.75 Å². The van der Waals surface area contributed by atoms with E-state index >= 15 is 0 Å². The Kier molecular flexibility index (Phi) is 4.90. The summed E-state index contributed by atoms with van der Waals surface area (Å²) in [5.74, 6) is 0.569. The molecule has 2 heterocycles. The van der Waals surface area contributed by atoms with Crippen LogP contribution in [-0.4, -0.2) is 29.7 Å². The number of aromatic nitrogens is 2. The number of esters is 1. The molecule has 0 aliphatic rings. The number of para-hydroxylation sites is 1. The molecule has 2 N–H and O–H groups in total. The number of nitrogens with two attached hydrogens (primary N) is 1. The van der Waals surface area contributed by atoms with Gasteiger partial charge in [-0.1, -0.05) is 24.3 Å². The molecule has 0 saturated heterocycles. The summed E-state index contributed by atoms with van der Waals surface area (Å²) in [6, 6.07) is 17.4. The highest BCUT2D eigenvalue weighted by atomic mass is 32.1. The van der Waals surface area contributed by atoms with Crippen molar-refractivity contribution in [1.29, 1.82) is 0 Å². The van der Waals surface area contributed by atoms with Crippen molar-refractivity contribution in [2.45, 2.75) is 0 Å². The van der Waals surface area contributed by atoms with E-state index in [0.29, 0.717) is 11.6 Å². The number of ether oxygens (including phenoxy) is 2. The number of benzene rings is 2. The third-order valence-corrected chi connectivity index (χ3v) is 5.26. The number of hydrogen-bond donors (Lipinski definition) is 1. The van der Waals surface area contributed by atoms with Crippen molar-refractivity contribution < 1.29 is 14.3 Å². The predicted molar refractivity (Wildman–Crippen MR) is 110 cm³/mol. The monoisotopic (exact) mass is 391 g/mol. The van der Waals surface area contributed by atoms with E-state index in [-0.39, 0.29) is 6.61 Å². The molecule has 2 aromatic heterocycles. The van der Waals surface area contributed by atoms with Gasteiger partial charge in [-0.15, -0.1) is 11.3 Å². The van der Waals surface area contributed by atoms with Crippen LogP contribution in [0.3, 0.4) is 0 Å². The summed E-state index contributed by atoms with van der Waals surface area (Å²) in [5.41, 5.74) is 9.64. The molecule has 0 aliphatic carbocycles. The molecule has 0 spiro atoms. The van der Waals surface area contributed by atoms with Crippen molar-refractivity contribution in [3.8, 4) is 27.4 Å². The van der Waals surface area contributed by atoms with E-state index < -0.39 is 5.97 Å². The Morgan fingerprint density at radius 1 is 1.11 bits per heavy atom. The second-order valence-corrected chi connectivity index (χ2v) is 7.07. The molecule has 0 radical (unpaired) electrons. The number of fused-ring (bicyclic) bond motifs is 1. The van der Waals surface area contributed by atoms with E-state index in [0.717, 1.165) is 31.9 Å². The highest BCUT2D eigenvalue weighted by Crippen LogP contribution is 2.35. The molecule has 140 valence electrons. The molecule has 4 aromatic rings. The maximum Gasteiger partial charge on any atom is 0.343 e. The van der Waals surface area contributed by atoms with Gasteiger partial charge in [-0.3, -0.25) is 0 Å². The number of anilines is 1. The standard InChI is InChI=1S/C21H17N3O3S/c1-26-19(25)12-27-15-6-4-5-13(9-15)14-10-16(20(22)23-11-14)21-24-17-7-2-3-8-18(17)28-21/h2-11H,12H2,1H3,(H2,22,23). The molecule has 0 fully saturated rings. The van der Waals surface area contributed by atoms with Crippen LogP contribution in [0, 0.1) is 0 Å². The second kappa shape index (κ2) is 7.66. The first-order valence-electron chi connectivity index (χ1n) is 8.55. The maximum atomic E-state index is 11.3. The van der Waals surface area contributed by atoms with Crippen LogP contribution in [0.2, 0.25) is 0 Å². The van der Waals surface area contributed by atoms with Gasteiger partial charge in [-0.2, -0.15) is 0 Å². The summed E-state index contributed by atoms with van der Waals surface area (Å²) >= 11 is 1.58. The summed E-state index contributed by atoms with van der Waals surface area (Å²) in [6.45, 7) is -0.142. The predicted octanol–water partition coefficient (Wildman–Crippen LogP) is 4.16. The lowest BCUT2D eigenvalue weighted by atomic mass is 10.1. The van der Waals surface area contributed by atoms with Crippen molar-refractivity contribution in [1.82, 2.24) is 9.97 Å². The number of thiazole rings is 1. The summed E-state index contributed by atoms with van der Waals surface area (Å²) < 4.78 is 11.2. The van der Waals surface area contributed by atoms with Crippen LogP contribution < -0.4 is 10.5 Å². The Bertz CT molecular complexity index is 1120. The van der Waals surface area contributed by atoms with E-state index in [4.69, 9.17) is 10.5 Å². The Balaban J connectivity index is 1.68. The molecule has 4 rings (SSSR count). The van der Waals surface area contributed by atoms with E-state index in [1.165, 1.54) is 7.11 Å². The minimum absolute atomic E-state index is 0.142. The fourth-order valence-electron chi connectivity index (χ4n) is 2.76. The van der Waals surface area contributed by atoms with Crippen molar-refractivity contribution >= 4 is 33.3 Å². The molecule has 0 atom stereocenters. The van der Waals surface area contributed by atoms with Gasteiger partial charge in [0.25, 0.3) is 0 Å². The zero-order chi connectivity index (χ0) is 19.5. The van der Waals surface area contributed by atoms with Crippen molar-refractivity contribution in [3.63, 3.8) is 0 Å². The highest BCUT2D eigenvalue weighted by Gasteiger charge is 2.12. The minimum atomic E-state index is -0.433. The molecule has 28 heavy (non-hydrogen) atoms. The molecule has 0 unspecified atom stereocenters. The number of nitrogen functional groups attached to an aromatic ring is 1. The average Bonchev–Trinajstić information content (AvgIpc) is 3.16. The first kappa shape index (κ1) is 17.9. The van der Waals surface area contributed by atoms with Crippen molar-refractivity contribution in [2.24, 2.45) is 0 Å². The smallest absolute Gasteiger partial charge is 0.343 e. The van der Waals surface area contributed by atoms with Gasteiger partial charge >= 0.3 is 5.97 Å². The van der Waals surface area contributed by atoms with E-state index in [9.17, 15) is 4.79 Å². The van der Waals surface area contributed by atoms with Gasteiger partial charge in [0.1, 0.15) is 16.6 Å². The van der Waals surface area contributed by atoms with Crippen LogP contribution in [0.1, 0.15) is 0 Å². The molecule has 0 bridgehead atoms. The summed E-state index contributed by atoms with van der Waals surface area (Å²) in [4.78, 5) is 20.3. The van der Waals surface area contributed by atoms with Crippen LogP contribution in [0.4, 0.5) is 5.82 Å². The number of pyridine rings is 1. The van der Waals surface area contributed by atoms with E-state index in [1.54, 1.807) is 23.6 Å². The largest absolute Gasteiger partial charge is 0.482 e. The second-order valence-electron chi connectivity index (χ2n) is 6.04. The van der Waals surface area contributed by atoms with Crippen LogP contribution >= 0.6 is 11.3 Å². The van der Waals surface area contributed by atoms with Gasteiger partial charge in [0.15, 0.2) is 6.61 Å². The van der Waals surface area contributed by atoms with E-state index in [2.05, 4.69) is 14.7 Å². The zero-order valence-electron chi connectivity index (χ0n) is 15.1. The maximum absolute atomic E-state index is 11.3. The molecule has 0 amide bonds. The molecule has 2 aromatic carbocycles. The molecule has 6 nitrogen and oxygen atoms in total. The molecular weight excluding hydrogens is 374 g/mol. The highest BCUT2D eigenvalue weighted by molar-refractivity contribution is 7.21. The fourth-order valence-corrected chi connectivity index (χ4v) is 3.75. The quantitative estimate of drug-likeness (QED) is 0.514. The third-order valence-electron chi connectivity index (χ3n) is 4.19. The van der Waals surface area contributed by atoms with Gasteiger partial charge in [0, 0.05) is 11.8 Å². The fraction of sp³-hybridized carbons (Fsp3) is 0.0952. The van der Waals surface area contributed by atoms with Gasteiger partial charge in [-0.05, 0) is 35.9 Å². The number of nitrogens with zero attached hydrogens (tertiary/aromatic N) is 2. The zero-order valence-corrected chi connectivity index (χ0v) is 15.9. The van der Waals surface area contributed by atoms with Crippen LogP contribution in [-0.2, 0) is 9.53 Å². The Morgan fingerprint density at radius 2 is 1.96 bits per heavy atom. The van der Waals surface area contributed by atoms with Gasteiger partial charge in [0.2, 0.25) is 0 Å². The molecule has 0 saturated carbocycles. The van der Waals surface area contributed by atoms with E-state index in [1.807, 2.05) is 48.5 Å². The van der Waals surface area contributed by atoms with Crippen molar-refractivity contribution in [3.05, 3.63) is 60.8 Å². The number of methoxy groups -OCH3 is 1. The number of carbonyl (C=O) groups excluding carboxylic acids is 1. The lowest BCUT2D eigenvalue weighted by Crippen LogP contribution is -2.12. The van der Waals surface area contributed by atoms with Crippen LogP contribution in [0.25, 0.3) is 31.9 Å². The topological polar surface area (TPSA) is 87.3 Å².